The molecule has 2 heterocycles. The van der Waals surface area contributed by atoms with E-state index in [1.54, 1.807) is 0 Å². The van der Waals surface area contributed by atoms with Crippen LogP contribution in [-0.4, -0.2) is 50.1 Å². The average Bonchev–Trinajstić information content (AvgIpc) is 3.08. The lowest BCUT2D eigenvalue weighted by Crippen LogP contribution is -2.46. The van der Waals surface area contributed by atoms with Gasteiger partial charge in [-0.1, -0.05) is 36.8 Å². The van der Waals surface area contributed by atoms with E-state index in [9.17, 15) is 4.79 Å². The molecule has 1 atom stereocenters. The van der Waals surface area contributed by atoms with Gasteiger partial charge in [0.25, 0.3) is 0 Å². The average molecular weight is 314 g/mol. The maximum absolute atomic E-state index is 12.0. The largest absolute Gasteiger partial charge is 0.353 e. The van der Waals surface area contributed by atoms with Gasteiger partial charge in [-0.25, -0.2) is 0 Å². The van der Waals surface area contributed by atoms with Crippen LogP contribution in [0.3, 0.4) is 0 Å². The molecule has 1 amide bonds. The minimum Gasteiger partial charge on any atom is -0.353 e. The van der Waals surface area contributed by atoms with Gasteiger partial charge in [-0.2, -0.15) is 4.80 Å². The predicted molar refractivity (Wildman–Crippen MR) is 85.3 cm³/mol. The summed E-state index contributed by atoms with van der Waals surface area (Å²) >= 11 is 0. The molecule has 0 bridgehead atoms. The molecule has 1 fully saturated rings. The monoisotopic (exact) mass is 314 g/mol. The Labute approximate surface area is 135 Å². The van der Waals surface area contributed by atoms with E-state index in [2.05, 4.69) is 49.9 Å². The second kappa shape index (κ2) is 7.82. The molecule has 1 aromatic heterocycles. The first-order valence-corrected chi connectivity index (χ1v) is 8.07. The highest BCUT2D eigenvalue weighted by Crippen LogP contribution is 2.19. The Hall–Kier alpha value is -2.28. The number of rotatable bonds is 6. The Balaban J connectivity index is 1.51. The molecule has 0 unspecified atom stereocenters. The molecule has 1 saturated heterocycles. The van der Waals surface area contributed by atoms with Crippen LogP contribution in [0, 0.1) is 0 Å². The van der Waals surface area contributed by atoms with Gasteiger partial charge < -0.3 is 5.32 Å². The molecule has 3 rings (SSSR count). The number of tetrazole rings is 1. The van der Waals surface area contributed by atoms with E-state index in [0.29, 0.717) is 12.6 Å². The van der Waals surface area contributed by atoms with Crippen molar-refractivity contribution in [2.24, 2.45) is 0 Å². The summed E-state index contributed by atoms with van der Waals surface area (Å²) in [4.78, 5) is 15.7. The van der Waals surface area contributed by atoms with Gasteiger partial charge in [-0.05, 0) is 30.2 Å². The standard InChI is InChI=1S/C16H22N6O/c23-16(12-22-19-13-18-20-22)17-10-15-8-4-5-9-21(15)11-14-6-2-1-3-7-14/h1-3,6-7,13,15H,4-5,8-12H2,(H,17,23)/t15-/m0/s1. The molecule has 122 valence electrons. The van der Waals surface area contributed by atoms with Gasteiger partial charge in [0.15, 0.2) is 6.33 Å². The molecule has 0 radical (unpaired) electrons. The first-order chi connectivity index (χ1) is 11.3. The predicted octanol–water partition coefficient (Wildman–Crippen LogP) is 0.844. The summed E-state index contributed by atoms with van der Waals surface area (Å²) < 4.78 is 0. The number of benzene rings is 1. The van der Waals surface area contributed by atoms with Crippen LogP contribution in [0.15, 0.2) is 36.7 Å². The molecule has 1 N–H and O–H groups in total. The van der Waals surface area contributed by atoms with Crippen LogP contribution in [0.2, 0.25) is 0 Å². The Kier molecular flexibility index (Phi) is 5.31. The third-order valence-electron chi connectivity index (χ3n) is 4.19. The van der Waals surface area contributed by atoms with E-state index in [0.717, 1.165) is 19.5 Å². The number of hydrogen-bond donors (Lipinski definition) is 1. The van der Waals surface area contributed by atoms with Crippen molar-refractivity contribution in [2.45, 2.75) is 38.4 Å². The second-order valence-electron chi connectivity index (χ2n) is 5.88. The summed E-state index contributed by atoms with van der Waals surface area (Å²) in [6.07, 6.45) is 4.89. The third kappa shape index (κ3) is 4.59. The number of carbonyl (C=O) groups is 1. The topological polar surface area (TPSA) is 75.9 Å². The fraction of sp³-hybridized carbons (Fsp3) is 0.500. The lowest BCUT2D eigenvalue weighted by Gasteiger charge is -2.35. The van der Waals surface area contributed by atoms with Crippen molar-refractivity contribution in [2.75, 3.05) is 13.1 Å². The molecule has 23 heavy (non-hydrogen) atoms. The molecule has 1 aromatic carbocycles. The zero-order chi connectivity index (χ0) is 15.9. The smallest absolute Gasteiger partial charge is 0.243 e. The van der Waals surface area contributed by atoms with Crippen LogP contribution in [0.4, 0.5) is 0 Å². The van der Waals surface area contributed by atoms with Crippen LogP contribution >= 0.6 is 0 Å². The first-order valence-electron chi connectivity index (χ1n) is 8.07. The molecule has 0 saturated carbocycles. The Bertz CT molecular complexity index is 600. The summed E-state index contributed by atoms with van der Waals surface area (Å²) in [5.41, 5.74) is 1.32. The lowest BCUT2D eigenvalue weighted by atomic mass is 10.0. The number of carbonyl (C=O) groups excluding carboxylic acids is 1. The molecule has 1 aliphatic heterocycles. The van der Waals surface area contributed by atoms with Gasteiger partial charge in [0.05, 0.1) is 0 Å². The van der Waals surface area contributed by atoms with Gasteiger partial charge in [-0.15, -0.1) is 10.2 Å². The number of hydrogen-bond acceptors (Lipinski definition) is 5. The van der Waals surface area contributed by atoms with Crippen molar-refractivity contribution in [1.82, 2.24) is 30.4 Å². The summed E-state index contributed by atoms with van der Waals surface area (Å²) in [5, 5.41) is 14.1. The van der Waals surface area contributed by atoms with Crippen LogP contribution in [0.5, 0.6) is 0 Å². The maximum atomic E-state index is 12.0. The Morgan fingerprint density at radius 2 is 2.13 bits per heavy atom. The molecule has 0 aliphatic carbocycles. The molecule has 0 spiro atoms. The van der Waals surface area contributed by atoms with Crippen LogP contribution in [0.1, 0.15) is 24.8 Å². The quantitative estimate of drug-likeness (QED) is 0.855. The van der Waals surface area contributed by atoms with Crippen LogP contribution in [0.25, 0.3) is 0 Å². The minimum atomic E-state index is -0.0757. The third-order valence-corrected chi connectivity index (χ3v) is 4.19. The number of piperidine rings is 1. The number of nitrogens with zero attached hydrogens (tertiary/aromatic N) is 5. The fourth-order valence-corrected chi connectivity index (χ4v) is 2.99. The summed E-state index contributed by atoms with van der Waals surface area (Å²) in [7, 11) is 0. The molecule has 1 aliphatic rings. The van der Waals surface area contributed by atoms with Gasteiger partial charge in [0.2, 0.25) is 5.91 Å². The van der Waals surface area contributed by atoms with E-state index in [4.69, 9.17) is 0 Å². The highest BCUT2D eigenvalue weighted by atomic mass is 16.2. The van der Waals surface area contributed by atoms with Crippen molar-refractivity contribution in [3.05, 3.63) is 42.2 Å². The summed E-state index contributed by atoms with van der Waals surface area (Å²) in [6, 6.07) is 10.9. The molecule has 2 aromatic rings. The van der Waals surface area contributed by atoms with Gasteiger partial charge in [0, 0.05) is 19.1 Å². The first kappa shape index (κ1) is 15.6. The minimum absolute atomic E-state index is 0.0757. The maximum Gasteiger partial charge on any atom is 0.243 e. The Morgan fingerprint density at radius 1 is 1.26 bits per heavy atom. The number of amides is 1. The second-order valence-corrected chi connectivity index (χ2v) is 5.88. The number of nitrogens with one attached hydrogen (secondary N) is 1. The normalized spacial score (nSPS) is 18.7. The van der Waals surface area contributed by atoms with E-state index in [1.807, 2.05) is 6.07 Å². The summed E-state index contributed by atoms with van der Waals surface area (Å²) in [6.45, 7) is 2.80. The molecule has 7 nitrogen and oxygen atoms in total. The van der Waals surface area contributed by atoms with Crippen molar-refractivity contribution < 1.29 is 4.79 Å². The number of aromatic nitrogens is 4. The lowest BCUT2D eigenvalue weighted by molar-refractivity contribution is -0.122. The van der Waals surface area contributed by atoms with E-state index < -0.39 is 0 Å². The molecular formula is C16H22N6O. The van der Waals surface area contributed by atoms with Crippen LogP contribution in [-0.2, 0) is 17.9 Å². The van der Waals surface area contributed by atoms with E-state index in [-0.39, 0.29) is 12.5 Å². The van der Waals surface area contributed by atoms with Crippen molar-refractivity contribution in [1.29, 1.82) is 0 Å². The van der Waals surface area contributed by atoms with E-state index in [1.165, 1.54) is 29.5 Å². The van der Waals surface area contributed by atoms with Crippen molar-refractivity contribution in [3.63, 3.8) is 0 Å². The summed E-state index contributed by atoms with van der Waals surface area (Å²) in [5.74, 6) is -0.0757. The van der Waals surface area contributed by atoms with Crippen molar-refractivity contribution >= 4 is 5.91 Å². The van der Waals surface area contributed by atoms with Gasteiger partial charge in [0.1, 0.15) is 6.54 Å². The SMILES string of the molecule is O=C(Cn1ncnn1)NC[C@@H]1CCCCN1Cc1ccccc1. The van der Waals surface area contributed by atoms with Gasteiger partial charge in [-0.3, -0.25) is 9.69 Å². The highest BCUT2D eigenvalue weighted by Gasteiger charge is 2.22. The van der Waals surface area contributed by atoms with E-state index >= 15 is 0 Å². The van der Waals surface area contributed by atoms with Crippen LogP contribution < -0.4 is 5.32 Å². The zero-order valence-electron chi connectivity index (χ0n) is 13.1. The zero-order valence-corrected chi connectivity index (χ0v) is 13.1. The van der Waals surface area contributed by atoms with Gasteiger partial charge >= 0.3 is 0 Å². The molecule has 7 heteroatoms. The highest BCUT2D eigenvalue weighted by molar-refractivity contribution is 5.75. The van der Waals surface area contributed by atoms with Crippen molar-refractivity contribution in [3.8, 4) is 0 Å². The fourth-order valence-electron chi connectivity index (χ4n) is 2.99. The Morgan fingerprint density at radius 3 is 2.91 bits per heavy atom. The molecular weight excluding hydrogens is 292 g/mol. The number of likely N-dealkylation sites (tertiary alicyclic amines) is 1.